The molecule has 0 fully saturated rings. The molecule has 0 aliphatic carbocycles. The van der Waals surface area contributed by atoms with E-state index >= 15 is 0 Å². The summed E-state index contributed by atoms with van der Waals surface area (Å²) in [5, 5.41) is 0. The van der Waals surface area contributed by atoms with Gasteiger partial charge in [-0.05, 0) is 31.2 Å². The summed E-state index contributed by atoms with van der Waals surface area (Å²) >= 11 is 0. The Hall–Kier alpha value is -3.14. The van der Waals surface area contributed by atoms with Crippen molar-refractivity contribution < 1.29 is 36.9 Å². The summed E-state index contributed by atoms with van der Waals surface area (Å²) in [7, 11) is 1.47. The van der Waals surface area contributed by atoms with E-state index in [9.17, 15) is 13.2 Å². The van der Waals surface area contributed by atoms with E-state index in [1.165, 1.54) is 52.7 Å². The predicted molar refractivity (Wildman–Crippen MR) is 110 cm³/mol. The van der Waals surface area contributed by atoms with Gasteiger partial charge in [-0.2, -0.15) is 0 Å². The van der Waals surface area contributed by atoms with Gasteiger partial charge >= 0.3 is 5.97 Å². The van der Waals surface area contributed by atoms with Gasteiger partial charge in [0, 0.05) is 12.1 Å². The van der Waals surface area contributed by atoms with E-state index in [2.05, 4.69) is 0 Å². The molecule has 0 aliphatic rings. The molecular formula is C20H25NO8S. The molecule has 0 atom stereocenters. The number of hydrogen-bond donors (Lipinski definition) is 0. The number of carbonyl (C=O) groups is 1. The van der Waals surface area contributed by atoms with E-state index in [4.69, 9.17) is 23.7 Å². The minimum atomic E-state index is -4.22. The van der Waals surface area contributed by atoms with Crippen LogP contribution in [0.3, 0.4) is 0 Å². The van der Waals surface area contributed by atoms with Crippen LogP contribution in [-0.4, -0.2) is 56.0 Å². The summed E-state index contributed by atoms with van der Waals surface area (Å²) in [6.07, 6.45) is 0. The predicted octanol–water partition coefficient (Wildman–Crippen LogP) is 2.48. The van der Waals surface area contributed by atoms with Crippen LogP contribution in [0.15, 0.2) is 41.3 Å². The Balaban J connectivity index is 2.66. The molecule has 0 saturated heterocycles. The Bertz CT molecular complexity index is 990. The number of ether oxygens (including phenoxy) is 5. The molecule has 0 heterocycles. The minimum Gasteiger partial charge on any atom is -0.497 e. The van der Waals surface area contributed by atoms with E-state index in [0.717, 1.165) is 4.31 Å². The van der Waals surface area contributed by atoms with Crippen LogP contribution in [0.5, 0.6) is 23.0 Å². The third-order valence-electron chi connectivity index (χ3n) is 4.18. The number of sulfonamides is 1. The molecule has 9 nitrogen and oxygen atoms in total. The summed E-state index contributed by atoms with van der Waals surface area (Å²) in [6, 6.07) is 8.79. The van der Waals surface area contributed by atoms with Gasteiger partial charge in [-0.15, -0.1) is 0 Å². The van der Waals surface area contributed by atoms with Gasteiger partial charge in [-0.1, -0.05) is 0 Å². The second-order valence-corrected chi connectivity index (χ2v) is 7.73. The molecular weight excluding hydrogens is 414 g/mol. The first-order chi connectivity index (χ1) is 14.3. The van der Waals surface area contributed by atoms with E-state index < -0.39 is 22.5 Å². The molecule has 0 spiro atoms. The van der Waals surface area contributed by atoms with Crippen molar-refractivity contribution in [2.45, 2.75) is 11.8 Å². The number of anilines is 1. The molecule has 0 saturated carbocycles. The fraction of sp³-hybridized carbons (Fsp3) is 0.350. The van der Waals surface area contributed by atoms with Crippen LogP contribution in [0.2, 0.25) is 0 Å². The third kappa shape index (κ3) is 4.88. The number of carbonyl (C=O) groups excluding carboxylic acids is 1. The lowest BCUT2D eigenvalue weighted by Gasteiger charge is -2.26. The Morgan fingerprint density at radius 3 is 2.07 bits per heavy atom. The zero-order chi connectivity index (χ0) is 22.3. The minimum absolute atomic E-state index is 0.102. The van der Waals surface area contributed by atoms with Gasteiger partial charge < -0.3 is 23.7 Å². The summed E-state index contributed by atoms with van der Waals surface area (Å²) in [5.74, 6) is 0.511. The molecule has 0 radical (unpaired) electrons. The summed E-state index contributed by atoms with van der Waals surface area (Å²) < 4.78 is 53.9. The van der Waals surface area contributed by atoms with Crippen molar-refractivity contribution >= 4 is 21.7 Å². The van der Waals surface area contributed by atoms with Crippen LogP contribution in [0.1, 0.15) is 6.92 Å². The molecule has 0 bridgehead atoms. The fourth-order valence-electron chi connectivity index (χ4n) is 2.72. The van der Waals surface area contributed by atoms with Crippen LogP contribution in [0.4, 0.5) is 5.69 Å². The summed E-state index contributed by atoms with van der Waals surface area (Å²) in [6.45, 7) is 1.18. The number of hydrogen-bond acceptors (Lipinski definition) is 8. The fourth-order valence-corrected chi connectivity index (χ4v) is 4.15. The van der Waals surface area contributed by atoms with Crippen molar-refractivity contribution in [1.82, 2.24) is 0 Å². The highest BCUT2D eigenvalue weighted by Gasteiger charge is 2.31. The SMILES string of the molecule is CCOC(=O)CN(c1cc(OC)ccc1OC)S(=O)(=O)c1ccc(OC)c(OC)c1. The first kappa shape index (κ1) is 23.1. The first-order valence-electron chi connectivity index (χ1n) is 8.94. The maximum absolute atomic E-state index is 13.5. The molecule has 0 unspecified atom stereocenters. The number of benzene rings is 2. The average molecular weight is 439 g/mol. The van der Waals surface area contributed by atoms with Crippen molar-refractivity contribution in [2.75, 3.05) is 45.9 Å². The van der Waals surface area contributed by atoms with E-state index in [1.807, 2.05) is 0 Å². The van der Waals surface area contributed by atoms with Gasteiger partial charge in [0.25, 0.3) is 10.0 Å². The van der Waals surface area contributed by atoms with Crippen LogP contribution >= 0.6 is 0 Å². The molecule has 2 aromatic carbocycles. The van der Waals surface area contributed by atoms with Gasteiger partial charge in [0.15, 0.2) is 11.5 Å². The number of nitrogens with zero attached hydrogens (tertiary/aromatic N) is 1. The quantitative estimate of drug-likeness (QED) is 0.521. The number of methoxy groups -OCH3 is 4. The van der Waals surface area contributed by atoms with Crippen molar-refractivity contribution in [3.05, 3.63) is 36.4 Å². The van der Waals surface area contributed by atoms with Crippen molar-refractivity contribution in [1.29, 1.82) is 0 Å². The van der Waals surface area contributed by atoms with Gasteiger partial charge in [0.05, 0.1) is 45.6 Å². The third-order valence-corrected chi connectivity index (χ3v) is 5.93. The molecule has 0 aliphatic heterocycles. The van der Waals surface area contributed by atoms with Gasteiger partial charge in [-0.25, -0.2) is 8.42 Å². The first-order valence-corrected chi connectivity index (χ1v) is 10.4. The second kappa shape index (κ2) is 10.1. The van der Waals surface area contributed by atoms with Crippen molar-refractivity contribution in [3.63, 3.8) is 0 Å². The highest BCUT2D eigenvalue weighted by molar-refractivity contribution is 7.92. The second-order valence-electron chi connectivity index (χ2n) is 5.87. The average Bonchev–Trinajstić information content (AvgIpc) is 2.76. The zero-order valence-corrected chi connectivity index (χ0v) is 18.3. The maximum atomic E-state index is 13.5. The van der Waals surface area contributed by atoms with Crippen LogP contribution in [-0.2, 0) is 19.6 Å². The molecule has 2 aromatic rings. The largest absolute Gasteiger partial charge is 0.497 e. The number of esters is 1. The Morgan fingerprint density at radius 1 is 0.867 bits per heavy atom. The van der Waals surface area contributed by atoms with Crippen LogP contribution in [0, 0.1) is 0 Å². The van der Waals surface area contributed by atoms with Gasteiger partial charge in [0.1, 0.15) is 18.0 Å². The topological polar surface area (TPSA) is 101 Å². The molecule has 0 N–H and O–H groups in total. The number of rotatable bonds is 10. The van der Waals surface area contributed by atoms with E-state index in [-0.39, 0.29) is 28.7 Å². The van der Waals surface area contributed by atoms with Crippen LogP contribution in [0.25, 0.3) is 0 Å². The van der Waals surface area contributed by atoms with E-state index in [0.29, 0.717) is 11.5 Å². The normalized spacial score (nSPS) is 10.8. The Morgan fingerprint density at radius 2 is 1.50 bits per heavy atom. The molecule has 0 aromatic heterocycles. The lowest BCUT2D eigenvalue weighted by molar-refractivity contribution is -0.141. The van der Waals surface area contributed by atoms with Crippen LogP contribution < -0.4 is 23.3 Å². The lowest BCUT2D eigenvalue weighted by atomic mass is 10.2. The monoisotopic (exact) mass is 439 g/mol. The molecule has 0 amide bonds. The lowest BCUT2D eigenvalue weighted by Crippen LogP contribution is -2.37. The highest BCUT2D eigenvalue weighted by Crippen LogP contribution is 2.37. The van der Waals surface area contributed by atoms with Crippen molar-refractivity contribution in [2.24, 2.45) is 0 Å². The van der Waals surface area contributed by atoms with E-state index in [1.54, 1.807) is 19.1 Å². The molecule has 164 valence electrons. The highest BCUT2D eigenvalue weighted by atomic mass is 32.2. The van der Waals surface area contributed by atoms with Crippen molar-refractivity contribution in [3.8, 4) is 23.0 Å². The van der Waals surface area contributed by atoms with Gasteiger partial charge in [0.2, 0.25) is 0 Å². The maximum Gasteiger partial charge on any atom is 0.326 e. The Kier molecular flexibility index (Phi) is 7.76. The molecule has 30 heavy (non-hydrogen) atoms. The van der Waals surface area contributed by atoms with Gasteiger partial charge in [-0.3, -0.25) is 9.10 Å². The standard InChI is InChI=1S/C20H25NO8S/c1-6-29-20(22)13-21(16-11-14(25-2)7-9-17(16)26-3)30(23,24)15-8-10-18(27-4)19(12-15)28-5/h7-12H,6,13H2,1-5H3. The summed E-state index contributed by atoms with van der Waals surface area (Å²) in [5.41, 5.74) is 0.125. The zero-order valence-electron chi connectivity index (χ0n) is 17.5. The Labute approximate surface area is 176 Å². The smallest absolute Gasteiger partial charge is 0.326 e. The summed E-state index contributed by atoms with van der Waals surface area (Å²) in [4.78, 5) is 12.1. The molecule has 2 rings (SSSR count). The molecule has 10 heteroatoms.